The van der Waals surface area contributed by atoms with E-state index in [9.17, 15) is 0 Å². The van der Waals surface area contributed by atoms with Crippen LogP contribution < -0.4 is 4.80 Å². The molecular weight excluding hydrogens is 390 g/mol. The first-order valence-electron chi connectivity index (χ1n) is 10.4. The van der Waals surface area contributed by atoms with E-state index in [1.165, 1.54) is 22.0 Å². The lowest BCUT2D eigenvalue weighted by atomic mass is 10.1. The lowest BCUT2D eigenvalue weighted by Crippen LogP contribution is -2.39. The van der Waals surface area contributed by atoms with Gasteiger partial charge < -0.3 is 9.30 Å². The molecule has 0 radical (unpaired) electrons. The number of hydrogen-bond acceptors (Lipinski definition) is 4. The molecule has 0 spiro atoms. The van der Waals surface area contributed by atoms with Crippen LogP contribution in [-0.2, 0) is 11.3 Å². The molecule has 30 heavy (non-hydrogen) atoms. The fourth-order valence-corrected chi connectivity index (χ4v) is 4.85. The largest absolute Gasteiger partial charge is 0.379 e. The summed E-state index contributed by atoms with van der Waals surface area (Å²) in [5.41, 5.74) is 3.46. The molecule has 152 valence electrons. The summed E-state index contributed by atoms with van der Waals surface area (Å²) in [6.07, 6.45) is 0. The molecule has 0 aliphatic carbocycles. The third-order valence-electron chi connectivity index (χ3n) is 5.57. The van der Waals surface area contributed by atoms with Gasteiger partial charge in [0.2, 0.25) is 0 Å². The van der Waals surface area contributed by atoms with E-state index in [4.69, 9.17) is 9.73 Å². The highest BCUT2D eigenvalue weighted by Gasteiger charge is 2.13. The maximum atomic E-state index is 5.51. The number of benzene rings is 3. The molecule has 1 aliphatic rings. The third-order valence-corrected chi connectivity index (χ3v) is 6.43. The average Bonchev–Trinajstić information content (AvgIpc) is 3.21. The summed E-state index contributed by atoms with van der Waals surface area (Å²) in [6, 6.07) is 25.5. The van der Waals surface area contributed by atoms with E-state index in [1.807, 2.05) is 18.2 Å². The minimum absolute atomic E-state index is 0.826. The maximum Gasteiger partial charge on any atom is 0.190 e. The third kappa shape index (κ3) is 4.24. The summed E-state index contributed by atoms with van der Waals surface area (Å²) in [5.74, 6) is 0. The van der Waals surface area contributed by atoms with Gasteiger partial charge in [-0.15, -0.1) is 11.3 Å². The molecular formula is C25H25N3OS. The first kappa shape index (κ1) is 19.2. The summed E-state index contributed by atoms with van der Waals surface area (Å²) in [6.45, 7) is 5.57. The molecule has 5 rings (SSSR count). The lowest BCUT2D eigenvalue weighted by molar-refractivity contribution is 0.0363. The first-order valence-corrected chi connectivity index (χ1v) is 11.3. The Morgan fingerprint density at radius 3 is 2.43 bits per heavy atom. The maximum absolute atomic E-state index is 5.51. The molecule has 1 fully saturated rings. The topological polar surface area (TPSA) is 29.8 Å². The Balaban J connectivity index is 1.54. The van der Waals surface area contributed by atoms with E-state index in [0.29, 0.717) is 0 Å². The second-order valence-electron chi connectivity index (χ2n) is 7.52. The number of thiazole rings is 1. The number of ether oxygens (including phenoxy) is 1. The predicted octanol–water partition coefficient (Wildman–Crippen LogP) is 4.93. The normalized spacial score (nSPS) is 15.7. The van der Waals surface area contributed by atoms with Gasteiger partial charge in [-0.3, -0.25) is 4.90 Å². The van der Waals surface area contributed by atoms with Gasteiger partial charge in [-0.25, -0.2) is 4.99 Å². The van der Waals surface area contributed by atoms with Crippen LogP contribution in [0.15, 0.2) is 83.2 Å². The molecule has 0 atom stereocenters. The van der Waals surface area contributed by atoms with Crippen molar-refractivity contribution in [2.24, 2.45) is 4.99 Å². The van der Waals surface area contributed by atoms with Crippen molar-refractivity contribution in [3.05, 3.63) is 83.0 Å². The van der Waals surface area contributed by atoms with Gasteiger partial charge >= 0.3 is 0 Å². The smallest absolute Gasteiger partial charge is 0.190 e. The van der Waals surface area contributed by atoms with Gasteiger partial charge in [0.05, 0.1) is 24.6 Å². The zero-order chi connectivity index (χ0) is 20.2. The number of nitrogens with zero attached hydrogens (tertiary/aromatic N) is 3. The molecule has 4 nitrogen and oxygen atoms in total. The SMILES string of the molecule is c1ccc(N=c2scc(-c3ccc4ccccc4c3)n2CCN2CCOCC2)cc1. The summed E-state index contributed by atoms with van der Waals surface area (Å²) >= 11 is 1.71. The van der Waals surface area contributed by atoms with Crippen LogP contribution in [0, 0.1) is 0 Å². The molecule has 4 aromatic rings. The first-order chi connectivity index (χ1) is 14.9. The van der Waals surface area contributed by atoms with Crippen molar-refractivity contribution in [1.29, 1.82) is 0 Å². The molecule has 0 saturated carbocycles. The molecule has 3 aromatic carbocycles. The Hall–Kier alpha value is -2.73. The minimum atomic E-state index is 0.826. The fraction of sp³-hybridized carbons (Fsp3) is 0.240. The Morgan fingerprint density at radius 1 is 0.833 bits per heavy atom. The van der Waals surface area contributed by atoms with Gasteiger partial charge in [-0.2, -0.15) is 0 Å². The quantitative estimate of drug-likeness (QED) is 0.462. The van der Waals surface area contributed by atoms with Crippen molar-refractivity contribution in [3.8, 4) is 11.3 Å². The van der Waals surface area contributed by atoms with Gasteiger partial charge in [-0.05, 0) is 34.5 Å². The molecule has 2 heterocycles. The van der Waals surface area contributed by atoms with Crippen molar-refractivity contribution in [2.45, 2.75) is 6.54 Å². The van der Waals surface area contributed by atoms with Gasteiger partial charge in [-0.1, -0.05) is 54.6 Å². The van der Waals surface area contributed by atoms with E-state index in [2.05, 4.69) is 69.4 Å². The Morgan fingerprint density at radius 2 is 1.60 bits per heavy atom. The fourth-order valence-electron chi connectivity index (χ4n) is 3.89. The van der Waals surface area contributed by atoms with Gasteiger partial charge in [0, 0.05) is 31.6 Å². The van der Waals surface area contributed by atoms with E-state index in [1.54, 1.807) is 11.3 Å². The minimum Gasteiger partial charge on any atom is -0.379 e. The van der Waals surface area contributed by atoms with Crippen LogP contribution in [0.3, 0.4) is 0 Å². The van der Waals surface area contributed by atoms with E-state index in [-0.39, 0.29) is 0 Å². The molecule has 0 unspecified atom stereocenters. The van der Waals surface area contributed by atoms with Crippen molar-refractivity contribution in [1.82, 2.24) is 9.47 Å². The molecule has 1 aliphatic heterocycles. The standard InChI is InChI=1S/C25H25N3OS/c1-2-8-23(9-3-1)26-25-28(13-12-27-14-16-29-17-15-27)24(19-30-25)22-11-10-20-6-4-5-7-21(20)18-22/h1-11,18-19H,12-17H2. The van der Waals surface area contributed by atoms with E-state index >= 15 is 0 Å². The van der Waals surface area contributed by atoms with Crippen LogP contribution in [0.5, 0.6) is 0 Å². The van der Waals surface area contributed by atoms with Gasteiger partial charge in [0.25, 0.3) is 0 Å². The molecule has 1 saturated heterocycles. The highest BCUT2D eigenvalue weighted by Crippen LogP contribution is 2.25. The van der Waals surface area contributed by atoms with Crippen LogP contribution in [0.25, 0.3) is 22.0 Å². The number of aromatic nitrogens is 1. The number of morpholine rings is 1. The summed E-state index contributed by atoms with van der Waals surface area (Å²) in [4.78, 5) is 8.47. The number of para-hydroxylation sites is 1. The Kier molecular flexibility index (Phi) is 5.75. The Bertz CT molecular complexity index is 1190. The summed E-state index contributed by atoms with van der Waals surface area (Å²) in [5, 5.41) is 4.78. The average molecular weight is 416 g/mol. The second kappa shape index (κ2) is 8.96. The van der Waals surface area contributed by atoms with Gasteiger partial charge in [0.15, 0.2) is 4.80 Å². The highest BCUT2D eigenvalue weighted by molar-refractivity contribution is 7.07. The zero-order valence-electron chi connectivity index (χ0n) is 16.9. The highest BCUT2D eigenvalue weighted by atomic mass is 32.1. The Labute approximate surface area is 180 Å². The predicted molar refractivity (Wildman–Crippen MR) is 124 cm³/mol. The molecule has 0 N–H and O–H groups in total. The molecule has 1 aromatic heterocycles. The summed E-state index contributed by atoms with van der Waals surface area (Å²) < 4.78 is 7.88. The van der Waals surface area contributed by atoms with Crippen molar-refractivity contribution >= 4 is 27.8 Å². The second-order valence-corrected chi connectivity index (χ2v) is 8.36. The van der Waals surface area contributed by atoms with Crippen molar-refractivity contribution < 1.29 is 4.74 Å². The monoisotopic (exact) mass is 415 g/mol. The van der Waals surface area contributed by atoms with E-state index in [0.717, 1.165) is 49.9 Å². The van der Waals surface area contributed by atoms with Gasteiger partial charge in [0.1, 0.15) is 0 Å². The van der Waals surface area contributed by atoms with Crippen molar-refractivity contribution in [2.75, 3.05) is 32.8 Å². The molecule has 0 amide bonds. The zero-order valence-corrected chi connectivity index (χ0v) is 17.7. The number of fused-ring (bicyclic) bond motifs is 1. The molecule has 0 bridgehead atoms. The number of rotatable bonds is 5. The summed E-state index contributed by atoms with van der Waals surface area (Å²) in [7, 11) is 0. The van der Waals surface area contributed by atoms with Crippen LogP contribution in [0.1, 0.15) is 0 Å². The van der Waals surface area contributed by atoms with Crippen LogP contribution in [0.4, 0.5) is 5.69 Å². The van der Waals surface area contributed by atoms with Crippen molar-refractivity contribution in [3.63, 3.8) is 0 Å². The van der Waals surface area contributed by atoms with E-state index < -0.39 is 0 Å². The van der Waals surface area contributed by atoms with Crippen LogP contribution in [-0.4, -0.2) is 42.3 Å². The number of hydrogen-bond donors (Lipinski definition) is 0. The lowest BCUT2D eigenvalue weighted by Gasteiger charge is -2.26. The van der Waals surface area contributed by atoms with Crippen LogP contribution in [0.2, 0.25) is 0 Å². The molecule has 5 heteroatoms. The van der Waals surface area contributed by atoms with Crippen LogP contribution >= 0.6 is 11.3 Å².